The van der Waals surface area contributed by atoms with E-state index in [1.165, 1.54) is 11.3 Å². The SMILES string of the molecule is CCS(=O)(=O)c1ccc(CN=C(N)Nc2ccc3c(c2)OCCCO3)s1. The van der Waals surface area contributed by atoms with Crippen molar-refractivity contribution in [3.8, 4) is 11.5 Å². The van der Waals surface area contributed by atoms with Gasteiger partial charge in [0.05, 0.1) is 25.5 Å². The number of nitrogens with zero attached hydrogens (tertiary/aromatic N) is 1. The number of benzene rings is 1. The maximum atomic E-state index is 11.9. The number of rotatable bonds is 5. The molecule has 2 heterocycles. The molecule has 0 spiro atoms. The van der Waals surface area contributed by atoms with E-state index >= 15 is 0 Å². The highest BCUT2D eigenvalue weighted by atomic mass is 32.2. The quantitative estimate of drug-likeness (QED) is 0.596. The first kappa shape index (κ1) is 18.5. The van der Waals surface area contributed by atoms with E-state index in [0.717, 1.165) is 17.0 Å². The number of guanidine groups is 1. The van der Waals surface area contributed by atoms with Gasteiger partial charge in [0, 0.05) is 23.1 Å². The molecule has 9 heteroatoms. The van der Waals surface area contributed by atoms with Crippen LogP contribution >= 0.6 is 11.3 Å². The first-order chi connectivity index (χ1) is 12.5. The summed E-state index contributed by atoms with van der Waals surface area (Å²) in [6.45, 7) is 3.19. The van der Waals surface area contributed by atoms with Crippen LogP contribution in [0.25, 0.3) is 0 Å². The smallest absolute Gasteiger partial charge is 0.193 e. The number of sulfone groups is 1. The number of nitrogens with one attached hydrogen (secondary N) is 1. The van der Waals surface area contributed by atoms with E-state index < -0.39 is 9.84 Å². The summed E-state index contributed by atoms with van der Waals surface area (Å²) in [7, 11) is -3.18. The third kappa shape index (κ3) is 4.47. The summed E-state index contributed by atoms with van der Waals surface area (Å²) in [5.74, 6) is 1.72. The van der Waals surface area contributed by atoms with Crippen LogP contribution in [0.15, 0.2) is 39.5 Å². The lowest BCUT2D eigenvalue weighted by Gasteiger charge is -2.10. The van der Waals surface area contributed by atoms with Crippen LogP contribution in [0.5, 0.6) is 11.5 Å². The van der Waals surface area contributed by atoms with Gasteiger partial charge in [0.25, 0.3) is 0 Å². The van der Waals surface area contributed by atoms with Gasteiger partial charge < -0.3 is 20.5 Å². The van der Waals surface area contributed by atoms with Crippen molar-refractivity contribution in [2.45, 2.75) is 24.1 Å². The number of aliphatic imine (C=N–C) groups is 1. The monoisotopic (exact) mass is 395 g/mol. The minimum atomic E-state index is -3.18. The number of ether oxygens (including phenoxy) is 2. The molecule has 0 unspecified atom stereocenters. The van der Waals surface area contributed by atoms with Gasteiger partial charge in [0.2, 0.25) is 0 Å². The van der Waals surface area contributed by atoms with E-state index in [9.17, 15) is 8.42 Å². The largest absolute Gasteiger partial charge is 0.490 e. The summed E-state index contributed by atoms with van der Waals surface area (Å²) >= 11 is 1.22. The topological polar surface area (TPSA) is 103 Å². The molecule has 1 aliphatic heterocycles. The lowest BCUT2D eigenvalue weighted by Crippen LogP contribution is -2.22. The Bertz CT molecular complexity index is 906. The van der Waals surface area contributed by atoms with Gasteiger partial charge in [-0.3, -0.25) is 0 Å². The summed E-state index contributed by atoms with van der Waals surface area (Å²) < 4.78 is 35.3. The molecular weight excluding hydrogens is 374 g/mol. The van der Waals surface area contributed by atoms with Crippen LogP contribution in [0.2, 0.25) is 0 Å². The molecule has 7 nitrogen and oxygen atoms in total. The lowest BCUT2D eigenvalue weighted by atomic mass is 10.3. The summed E-state index contributed by atoms with van der Waals surface area (Å²) in [6, 6.07) is 8.86. The zero-order chi connectivity index (χ0) is 18.6. The Balaban J connectivity index is 1.65. The Morgan fingerprint density at radius 1 is 1.23 bits per heavy atom. The van der Waals surface area contributed by atoms with Crippen molar-refractivity contribution < 1.29 is 17.9 Å². The Labute approximate surface area is 156 Å². The molecule has 1 aromatic carbocycles. The number of hydrogen-bond donors (Lipinski definition) is 2. The maximum absolute atomic E-state index is 11.9. The van der Waals surface area contributed by atoms with Gasteiger partial charge in [-0.15, -0.1) is 11.3 Å². The van der Waals surface area contributed by atoms with Gasteiger partial charge >= 0.3 is 0 Å². The number of fused-ring (bicyclic) bond motifs is 1. The van der Waals surface area contributed by atoms with Crippen molar-refractivity contribution in [2.75, 3.05) is 24.3 Å². The van der Waals surface area contributed by atoms with Gasteiger partial charge in [0.1, 0.15) is 4.21 Å². The van der Waals surface area contributed by atoms with Crippen molar-refractivity contribution in [3.63, 3.8) is 0 Å². The number of anilines is 1. The van der Waals surface area contributed by atoms with Crippen LogP contribution in [0.1, 0.15) is 18.2 Å². The highest BCUT2D eigenvalue weighted by molar-refractivity contribution is 7.93. The average molecular weight is 396 g/mol. The van der Waals surface area contributed by atoms with Crippen LogP contribution in [-0.2, 0) is 16.4 Å². The van der Waals surface area contributed by atoms with Crippen LogP contribution in [0.4, 0.5) is 5.69 Å². The fourth-order valence-corrected chi connectivity index (χ4v) is 4.75. The molecule has 0 saturated heterocycles. The van der Waals surface area contributed by atoms with E-state index in [-0.39, 0.29) is 11.7 Å². The Hall–Kier alpha value is -2.26. The lowest BCUT2D eigenvalue weighted by molar-refractivity contribution is 0.297. The molecule has 3 rings (SSSR count). The molecule has 0 aliphatic carbocycles. The van der Waals surface area contributed by atoms with E-state index in [1.54, 1.807) is 19.1 Å². The summed E-state index contributed by atoms with van der Waals surface area (Å²) in [6.07, 6.45) is 0.845. The van der Waals surface area contributed by atoms with E-state index in [4.69, 9.17) is 15.2 Å². The van der Waals surface area contributed by atoms with Gasteiger partial charge in [-0.25, -0.2) is 13.4 Å². The normalized spacial score (nSPS) is 14.7. The molecule has 2 aromatic rings. The van der Waals surface area contributed by atoms with Crippen LogP contribution < -0.4 is 20.5 Å². The molecule has 3 N–H and O–H groups in total. The van der Waals surface area contributed by atoms with E-state index in [1.807, 2.05) is 18.2 Å². The molecule has 0 amide bonds. The van der Waals surface area contributed by atoms with Crippen molar-refractivity contribution in [1.82, 2.24) is 0 Å². The minimum absolute atomic E-state index is 0.0873. The molecule has 0 radical (unpaired) electrons. The van der Waals surface area contributed by atoms with Gasteiger partial charge in [-0.2, -0.15) is 0 Å². The average Bonchev–Trinajstić information content (AvgIpc) is 2.99. The zero-order valence-electron chi connectivity index (χ0n) is 14.4. The predicted octanol–water partition coefficient (Wildman–Crippen LogP) is 2.63. The van der Waals surface area contributed by atoms with E-state index in [0.29, 0.717) is 35.5 Å². The number of thiophene rings is 1. The molecule has 0 atom stereocenters. The molecule has 0 saturated carbocycles. The third-order valence-electron chi connectivity index (χ3n) is 3.75. The summed E-state index contributed by atoms with van der Waals surface area (Å²) in [5, 5.41) is 3.01. The van der Waals surface area contributed by atoms with Crippen LogP contribution in [-0.4, -0.2) is 33.3 Å². The molecule has 140 valence electrons. The van der Waals surface area contributed by atoms with Crippen molar-refractivity contribution >= 4 is 32.8 Å². The zero-order valence-corrected chi connectivity index (χ0v) is 16.0. The van der Waals surface area contributed by atoms with Gasteiger partial charge in [-0.05, 0) is 24.3 Å². The molecule has 1 aliphatic rings. The maximum Gasteiger partial charge on any atom is 0.193 e. The first-order valence-electron chi connectivity index (χ1n) is 8.26. The number of nitrogens with two attached hydrogens (primary N) is 1. The van der Waals surface area contributed by atoms with Crippen molar-refractivity contribution in [2.24, 2.45) is 10.7 Å². The second kappa shape index (κ2) is 7.96. The Kier molecular flexibility index (Phi) is 5.67. The first-order valence-corrected chi connectivity index (χ1v) is 10.7. The van der Waals surface area contributed by atoms with Crippen molar-refractivity contribution in [1.29, 1.82) is 0 Å². The van der Waals surface area contributed by atoms with Crippen molar-refractivity contribution in [3.05, 3.63) is 35.2 Å². The Morgan fingerprint density at radius 3 is 2.77 bits per heavy atom. The standard InChI is InChI=1S/C17H21N3O4S2/c1-2-26(21,22)16-7-5-13(25-16)11-19-17(18)20-12-4-6-14-15(10-12)24-9-3-8-23-14/h4-7,10H,2-3,8-9,11H2,1H3,(H3,18,19,20). The Morgan fingerprint density at radius 2 is 2.00 bits per heavy atom. The number of hydrogen-bond acceptors (Lipinski definition) is 6. The van der Waals surface area contributed by atoms with Gasteiger partial charge in [-0.1, -0.05) is 6.92 Å². The second-order valence-electron chi connectivity index (χ2n) is 5.66. The third-order valence-corrected chi connectivity index (χ3v) is 7.13. The minimum Gasteiger partial charge on any atom is -0.490 e. The fraction of sp³-hybridized carbons (Fsp3) is 0.353. The van der Waals surface area contributed by atoms with Crippen LogP contribution in [0.3, 0.4) is 0 Å². The van der Waals surface area contributed by atoms with E-state index in [2.05, 4.69) is 10.3 Å². The predicted molar refractivity (Wildman–Crippen MR) is 103 cm³/mol. The molecule has 0 bridgehead atoms. The molecular formula is C17H21N3O4S2. The fourth-order valence-electron chi connectivity index (χ4n) is 2.34. The van der Waals surface area contributed by atoms with Crippen LogP contribution in [0, 0.1) is 0 Å². The molecule has 1 aromatic heterocycles. The summed E-state index contributed by atoms with van der Waals surface area (Å²) in [4.78, 5) is 5.10. The molecule has 0 fully saturated rings. The summed E-state index contributed by atoms with van der Waals surface area (Å²) in [5.41, 5.74) is 6.68. The van der Waals surface area contributed by atoms with Gasteiger partial charge in [0.15, 0.2) is 27.3 Å². The molecule has 26 heavy (non-hydrogen) atoms. The second-order valence-corrected chi connectivity index (χ2v) is 9.34. The highest BCUT2D eigenvalue weighted by Crippen LogP contribution is 2.32. The highest BCUT2D eigenvalue weighted by Gasteiger charge is 2.14.